The molecule has 0 saturated carbocycles. The summed E-state index contributed by atoms with van der Waals surface area (Å²) in [4.78, 5) is 5.44. The highest BCUT2D eigenvalue weighted by atomic mass is 16.5. The zero-order valence-electron chi connectivity index (χ0n) is 13.5. The average Bonchev–Trinajstić information content (AvgIpc) is 3.13. The van der Waals surface area contributed by atoms with Gasteiger partial charge in [-0.1, -0.05) is 24.3 Å². The van der Waals surface area contributed by atoms with Gasteiger partial charge < -0.3 is 9.64 Å². The number of hydrogen-bond donors (Lipinski definition) is 0. The van der Waals surface area contributed by atoms with Crippen molar-refractivity contribution in [3.63, 3.8) is 0 Å². The smallest absolute Gasteiger partial charge is 0.0507 e. The van der Waals surface area contributed by atoms with E-state index >= 15 is 0 Å². The molecule has 120 valence electrons. The van der Waals surface area contributed by atoms with Crippen molar-refractivity contribution in [2.75, 3.05) is 45.9 Å². The normalized spacial score (nSPS) is 27.9. The quantitative estimate of drug-likeness (QED) is 0.851. The zero-order valence-corrected chi connectivity index (χ0v) is 13.5. The van der Waals surface area contributed by atoms with Crippen molar-refractivity contribution in [3.05, 3.63) is 35.4 Å². The van der Waals surface area contributed by atoms with Crippen LogP contribution in [0.5, 0.6) is 0 Å². The van der Waals surface area contributed by atoms with Gasteiger partial charge >= 0.3 is 0 Å². The number of fused-ring (bicyclic) bond motifs is 1. The number of hydrogen-bond acceptors (Lipinski definition) is 3. The van der Waals surface area contributed by atoms with E-state index in [0.717, 1.165) is 25.2 Å². The van der Waals surface area contributed by atoms with Crippen LogP contribution in [0.4, 0.5) is 0 Å². The van der Waals surface area contributed by atoms with E-state index in [2.05, 4.69) is 34.1 Å². The van der Waals surface area contributed by atoms with Gasteiger partial charge in [-0.3, -0.25) is 4.90 Å². The predicted octanol–water partition coefficient (Wildman–Crippen LogP) is 2.20. The topological polar surface area (TPSA) is 15.7 Å². The van der Waals surface area contributed by atoms with Crippen LogP contribution in [0.2, 0.25) is 0 Å². The van der Waals surface area contributed by atoms with Gasteiger partial charge in [0.15, 0.2) is 0 Å². The number of rotatable bonds is 3. The first kappa shape index (κ1) is 14.7. The monoisotopic (exact) mass is 300 g/mol. The molecular weight excluding hydrogens is 272 g/mol. The van der Waals surface area contributed by atoms with Crippen molar-refractivity contribution in [2.45, 2.75) is 31.7 Å². The molecule has 22 heavy (non-hydrogen) atoms. The Morgan fingerprint density at radius 2 is 1.82 bits per heavy atom. The lowest BCUT2D eigenvalue weighted by Crippen LogP contribution is -2.39. The third-order valence-electron chi connectivity index (χ3n) is 5.71. The Morgan fingerprint density at radius 1 is 1.00 bits per heavy atom. The minimum absolute atomic E-state index is 0.743. The SMILES string of the molecule is c1ccc2c(c1)CC(N1CCCN(C[C@@H]3CCOC3)CC1)C2. The highest BCUT2D eigenvalue weighted by molar-refractivity contribution is 5.33. The molecule has 1 aromatic rings. The van der Waals surface area contributed by atoms with Crippen LogP contribution >= 0.6 is 0 Å². The van der Waals surface area contributed by atoms with E-state index < -0.39 is 0 Å². The van der Waals surface area contributed by atoms with Gasteiger partial charge in [-0.2, -0.15) is 0 Å². The van der Waals surface area contributed by atoms with Crippen LogP contribution in [0, 0.1) is 5.92 Å². The molecule has 2 heterocycles. The Kier molecular flexibility index (Phi) is 4.47. The summed E-state index contributed by atoms with van der Waals surface area (Å²) in [7, 11) is 0. The molecule has 3 nitrogen and oxygen atoms in total. The van der Waals surface area contributed by atoms with Crippen LogP contribution in [0.25, 0.3) is 0 Å². The standard InChI is InChI=1S/C19H28N2O/c1-2-5-18-13-19(12-17(18)4-1)21-8-3-7-20(9-10-21)14-16-6-11-22-15-16/h1-2,4-5,16,19H,3,6-15H2/t16-/m0/s1. The minimum Gasteiger partial charge on any atom is -0.381 e. The Morgan fingerprint density at radius 3 is 2.55 bits per heavy atom. The molecule has 4 rings (SSSR count). The molecule has 0 radical (unpaired) electrons. The molecule has 0 unspecified atom stereocenters. The zero-order chi connectivity index (χ0) is 14.8. The van der Waals surface area contributed by atoms with E-state index in [1.165, 1.54) is 58.4 Å². The molecule has 1 aromatic carbocycles. The molecule has 0 spiro atoms. The lowest BCUT2D eigenvalue weighted by molar-refractivity contribution is 0.164. The highest BCUT2D eigenvalue weighted by Crippen LogP contribution is 2.26. The molecule has 0 N–H and O–H groups in total. The second-order valence-electron chi connectivity index (χ2n) is 7.25. The summed E-state index contributed by atoms with van der Waals surface area (Å²) in [6.07, 6.45) is 5.10. The summed E-state index contributed by atoms with van der Waals surface area (Å²) in [6.45, 7) is 8.24. The molecule has 2 fully saturated rings. The van der Waals surface area contributed by atoms with Gasteiger partial charge in [0.25, 0.3) is 0 Å². The summed E-state index contributed by atoms with van der Waals surface area (Å²) in [5.74, 6) is 0.780. The molecule has 0 amide bonds. The van der Waals surface area contributed by atoms with Crippen LogP contribution < -0.4 is 0 Å². The highest BCUT2D eigenvalue weighted by Gasteiger charge is 2.28. The predicted molar refractivity (Wildman–Crippen MR) is 89.2 cm³/mol. The van der Waals surface area contributed by atoms with Gasteiger partial charge in [-0.25, -0.2) is 0 Å². The van der Waals surface area contributed by atoms with E-state index in [0.29, 0.717) is 0 Å². The molecule has 3 aliphatic rings. The minimum atomic E-state index is 0.743. The van der Waals surface area contributed by atoms with E-state index in [9.17, 15) is 0 Å². The third kappa shape index (κ3) is 3.22. The van der Waals surface area contributed by atoms with E-state index in [4.69, 9.17) is 4.74 Å². The first-order chi connectivity index (χ1) is 10.9. The summed E-state index contributed by atoms with van der Waals surface area (Å²) in [5, 5.41) is 0. The Balaban J connectivity index is 1.31. The Hall–Kier alpha value is -0.900. The van der Waals surface area contributed by atoms with Gasteiger partial charge in [0.1, 0.15) is 0 Å². The number of benzene rings is 1. The van der Waals surface area contributed by atoms with Gasteiger partial charge in [-0.05, 0) is 55.8 Å². The fourth-order valence-corrected chi connectivity index (χ4v) is 4.42. The van der Waals surface area contributed by atoms with E-state index in [1.54, 1.807) is 11.1 Å². The number of nitrogens with zero attached hydrogens (tertiary/aromatic N) is 2. The van der Waals surface area contributed by atoms with Gasteiger partial charge in [0.05, 0.1) is 6.61 Å². The fourth-order valence-electron chi connectivity index (χ4n) is 4.42. The van der Waals surface area contributed by atoms with Crippen molar-refractivity contribution in [1.29, 1.82) is 0 Å². The first-order valence-electron chi connectivity index (χ1n) is 8.99. The lowest BCUT2D eigenvalue weighted by Gasteiger charge is -2.28. The molecule has 1 atom stereocenters. The summed E-state index contributed by atoms with van der Waals surface area (Å²) in [6, 6.07) is 9.76. The maximum absolute atomic E-state index is 5.53. The van der Waals surface area contributed by atoms with E-state index in [1.807, 2.05) is 0 Å². The first-order valence-corrected chi connectivity index (χ1v) is 8.99. The van der Waals surface area contributed by atoms with Crippen molar-refractivity contribution in [1.82, 2.24) is 9.80 Å². The van der Waals surface area contributed by atoms with E-state index in [-0.39, 0.29) is 0 Å². The molecule has 3 heteroatoms. The van der Waals surface area contributed by atoms with Crippen LogP contribution in [0.15, 0.2) is 24.3 Å². The third-order valence-corrected chi connectivity index (χ3v) is 5.71. The maximum atomic E-state index is 5.53. The van der Waals surface area contributed by atoms with Crippen LogP contribution in [0.1, 0.15) is 24.0 Å². The second kappa shape index (κ2) is 6.69. The van der Waals surface area contributed by atoms with Gasteiger partial charge in [0.2, 0.25) is 0 Å². The summed E-state index contributed by atoms with van der Waals surface area (Å²) >= 11 is 0. The molecule has 2 aliphatic heterocycles. The van der Waals surface area contributed by atoms with Gasteiger partial charge in [-0.15, -0.1) is 0 Å². The van der Waals surface area contributed by atoms with Gasteiger partial charge in [0, 0.05) is 32.3 Å². The van der Waals surface area contributed by atoms with Crippen LogP contribution in [-0.2, 0) is 17.6 Å². The van der Waals surface area contributed by atoms with Crippen LogP contribution in [-0.4, -0.2) is 61.8 Å². The number of ether oxygens (including phenoxy) is 1. The van der Waals surface area contributed by atoms with Crippen molar-refractivity contribution >= 4 is 0 Å². The fraction of sp³-hybridized carbons (Fsp3) is 0.684. The van der Waals surface area contributed by atoms with Crippen molar-refractivity contribution < 1.29 is 4.74 Å². The summed E-state index contributed by atoms with van der Waals surface area (Å²) in [5.41, 5.74) is 3.16. The average molecular weight is 300 g/mol. The summed E-state index contributed by atoms with van der Waals surface area (Å²) < 4.78 is 5.53. The molecule has 2 saturated heterocycles. The second-order valence-corrected chi connectivity index (χ2v) is 7.25. The molecule has 0 bridgehead atoms. The molecule has 0 aromatic heterocycles. The molecular formula is C19H28N2O. The van der Waals surface area contributed by atoms with Crippen LogP contribution in [0.3, 0.4) is 0 Å². The van der Waals surface area contributed by atoms with Crippen molar-refractivity contribution in [2.24, 2.45) is 5.92 Å². The largest absolute Gasteiger partial charge is 0.381 e. The molecule has 1 aliphatic carbocycles. The Labute approximate surface area is 134 Å². The Bertz CT molecular complexity index is 473. The lowest BCUT2D eigenvalue weighted by atomic mass is 10.1. The van der Waals surface area contributed by atoms with Crippen molar-refractivity contribution in [3.8, 4) is 0 Å². The maximum Gasteiger partial charge on any atom is 0.0507 e.